The van der Waals surface area contributed by atoms with Crippen molar-refractivity contribution in [3.63, 3.8) is 0 Å². The molecule has 4 rings (SSSR count). The van der Waals surface area contributed by atoms with E-state index in [0.29, 0.717) is 31.6 Å². The summed E-state index contributed by atoms with van der Waals surface area (Å²) in [7, 11) is 0. The first-order valence-electron chi connectivity index (χ1n) is 8.24. The number of hydrogen-bond acceptors (Lipinski definition) is 6. The number of thiophene rings is 1. The number of hydrogen-bond donors (Lipinski definition) is 0. The first-order valence-corrected chi connectivity index (χ1v) is 9.12. The number of nitrogens with zero attached hydrogens (tertiary/aromatic N) is 4. The summed E-state index contributed by atoms with van der Waals surface area (Å²) >= 11 is 1.45. The van der Waals surface area contributed by atoms with Crippen LogP contribution in [0.2, 0.25) is 0 Å². The van der Waals surface area contributed by atoms with Crippen LogP contribution in [-0.2, 0) is 0 Å². The summed E-state index contributed by atoms with van der Waals surface area (Å²) < 4.78 is 0. The molecule has 1 aliphatic heterocycles. The van der Waals surface area contributed by atoms with E-state index in [1.807, 2.05) is 22.4 Å². The van der Waals surface area contributed by atoms with Crippen LogP contribution in [0.1, 0.15) is 9.67 Å². The minimum absolute atomic E-state index is 0.0587. The molecule has 1 amide bonds. The quantitative estimate of drug-likeness (QED) is 0.524. The second kappa shape index (κ2) is 6.72. The number of non-ortho nitro benzene ring substituents is 1. The Labute approximate surface area is 153 Å². The van der Waals surface area contributed by atoms with E-state index >= 15 is 0 Å². The molecule has 0 atom stereocenters. The first kappa shape index (κ1) is 16.5. The average Bonchev–Trinajstić information content (AvgIpc) is 3.21. The van der Waals surface area contributed by atoms with Crippen molar-refractivity contribution in [3.8, 4) is 0 Å². The number of carbonyl (C=O) groups is 1. The fraction of sp³-hybridized carbons (Fsp3) is 0.222. The van der Waals surface area contributed by atoms with E-state index in [9.17, 15) is 14.9 Å². The topological polar surface area (TPSA) is 79.6 Å². The predicted octanol–water partition coefficient (Wildman–Crippen LogP) is 3.17. The third kappa shape index (κ3) is 2.88. The van der Waals surface area contributed by atoms with Crippen molar-refractivity contribution in [3.05, 3.63) is 63.1 Å². The van der Waals surface area contributed by atoms with Crippen LogP contribution in [0.5, 0.6) is 0 Å². The van der Waals surface area contributed by atoms with Crippen LogP contribution in [-0.4, -0.2) is 46.9 Å². The molecule has 0 aliphatic carbocycles. The first-order chi connectivity index (χ1) is 12.6. The zero-order valence-electron chi connectivity index (χ0n) is 13.9. The van der Waals surface area contributed by atoms with Crippen molar-refractivity contribution in [1.82, 2.24) is 9.88 Å². The lowest BCUT2D eigenvalue weighted by Crippen LogP contribution is -2.48. The smallest absolute Gasteiger partial charge is 0.278 e. The van der Waals surface area contributed by atoms with Gasteiger partial charge < -0.3 is 9.80 Å². The number of anilines is 1. The van der Waals surface area contributed by atoms with Gasteiger partial charge in [0.25, 0.3) is 11.6 Å². The summed E-state index contributed by atoms with van der Waals surface area (Å²) in [4.78, 5) is 32.2. The lowest BCUT2D eigenvalue weighted by Gasteiger charge is -2.36. The Bertz CT molecular complexity index is 966. The molecule has 1 aliphatic rings. The molecule has 2 aromatic heterocycles. The van der Waals surface area contributed by atoms with E-state index in [0.717, 1.165) is 16.0 Å². The molecule has 0 bridgehead atoms. The number of benzene rings is 1. The van der Waals surface area contributed by atoms with Crippen molar-refractivity contribution >= 4 is 39.4 Å². The fourth-order valence-corrected chi connectivity index (χ4v) is 3.99. The van der Waals surface area contributed by atoms with Gasteiger partial charge in [-0.05, 0) is 23.6 Å². The molecule has 3 aromatic rings. The highest BCUT2D eigenvalue weighted by atomic mass is 32.1. The molecule has 26 heavy (non-hydrogen) atoms. The maximum absolute atomic E-state index is 12.5. The van der Waals surface area contributed by atoms with E-state index < -0.39 is 0 Å². The molecule has 0 radical (unpaired) electrons. The van der Waals surface area contributed by atoms with Crippen molar-refractivity contribution in [2.24, 2.45) is 0 Å². The standard InChI is InChI=1S/C18H16N4O3S/c23-18(17-2-1-11-26-17)21-9-7-20(8-10-21)15-3-4-16(22(24)25)14-12-19-6-5-13(14)15/h1-6,11-12H,7-10H2. The number of fused-ring (bicyclic) bond motifs is 1. The Morgan fingerprint density at radius 3 is 2.62 bits per heavy atom. The van der Waals surface area contributed by atoms with Crippen molar-refractivity contribution in [2.45, 2.75) is 0 Å². The summed E-state index contributed by atoms with van der Waals surface area (Å²) in [6.45, 7) is 2.62. The van der Waals surface area contributed by atoms with Crippen LogP contribution in [0, 0.1) is 10.1 Å². The highest BCUT2D eigenvalue weighted by molar-refractivity contribution is 7.12. The van der Waals surface area contributed by atoms with E-state index in [1.165, 1.54) is 23.6 Å². The summed E-state index contributed by atoms with van der Waals surface area (Å²) in [6.07, 6.45) is 3.18. The van der Waals surface area contributed by atoms with Gasteiger partial charge in [0, 0.05) is 55.7 Å². The zero-order valence-corrected chi connectivity index (χ0v) is 14.7. The SMILES string of the molecule is O=C(c1cccs1)N1CCN(c2ccc([N+](=O)[O-])c3cnccc23)CC1. The van der Waals surface area contributed by atoms with Crippen molar-refractivity contribution in [2.75, 3.05) is 31.1 Å². The fourth-order valence-electron chi connectivity index (χ4n) is 3.30. The molecular weight excluding hydrogens is 352 g/mol. The molecule has 0 saturated carbocycles. The van der Waals surface area contributed by atoms with Crippen LogP contribution >= 0.6 is 11.3 Å². The number of carbonyl (C=O) groups excluding carboxylic acids is 1. The van der Waals surface area contributed by atoms with Crippen LogP contribution in [0.15, 0.2) is 48.1 Å². The lowest BCUT2D eigenvalue weighted by atomic mass is 10.1. The van der Waals surface area contributed by atoms with Gasteiger partial charge >= 0.3 is 0 Å². The zero-order chi connectivity index (χ0) is 18.1. The minimum Gasteiger partial charge on any atom is -0.367 e. The molecular formula is C18H16N4O3S. The van der Waals surface area contributed by atoms with Gasteiger partial charge in [-0.1, -0.05) is 6.07 Å². The highest BCUT2D eigenvalue weighted by Gasteiger charge is 2.25. The monoisotopic (exact) mass is 368 g/mol. The molecule has 7 nitrogen and oxygen atoms in total. The van der Waals surface area contributed by atoms with E-state index in [1.54, 1.807) is 18.3 Å². The summed E-state index contributed by atoms with van der Waals surface area (Å²) in [5.41, 5.74) is 1.000. The molecule has 1 saturated heterocycles. The van der Waals surface area contributed by atoms with Crippen molar-refractivity contribution in [1.29, 1.82) is 0 Å². The van der Waals surface area contributed by atoms with E-state index in [2.05, 4.69) is 9.88 Å². The van der Waals surface area contributed by atoms with Gasteiger partial charge in [-0.2, -0.15) is 0 Å². The molecule has 3 heterocycles. The van der Waals surface area contributed by atoms with Gasteiger partial charge in [0.2, 0.25) is 0 Å². The minimum atomic E-state index is -0.384. The molecule has 132 valence electrons. The molecule has 1 fully saturated rings. The normalized spacial score (nSPS) is 14.6. The third-order valence-corrected chi connectivity index (χ3v) is 5.47. The molecule has 1 aromatic carbocycles. The lowest BCUT2D eigenvalue weighted by molar-refractivity contribution is -0.383. The molecule has 0 spiro atoms. The Kier molecular flexibility index (Phi) is 4.26. The van der Waals surface area contributed by atoms with Crippen LogP contribution in [0.4, 0.5) is 11.4 Å². The summed E-state index contributed by atoms with van der Waals surface area (Å²) in [5, 5.41) is 14.5. The number of nitro benzene ring substituents is 1. The Balaban J connectivity index is 1.58. The highest BCUT2D eigenvalue weighted by Crippen LogP contribution is 2.33. The Morgan fingerprint density at radius 2 is 1.92 bits per heavy atom. The maximum Gasteiger partial charge on any atom is 0.278 e. The second-order valence-corrected chi connectivity index (χ2v) is 6.99. The number of aromatic nitrogens is 1. The van der Waals surface area contributed by atoms with Gasteiger partial charge in [-0.15, -0.1) is 11.3 Å². The Hall–Kier alpha value is -3.00. The predicted molar refractivity (Wildman–Crippen MR) is 101 cm³/mol. The van der Waals surface area contributed by atoms with Gasteiger partial charge in [0.05, 0.1) is 15.2 Å². The number of amides is 1. The van der Waals surface area contributed by atoms with Gasteiger partial charge in [-0.25, -0.2) is 0 Å². The van der Waals surface area contributed by atoms with Crippen molar-refractivity contribution < 1.29 is 9.72 Å². The van der Waals surface area contributed by atoms with E-state index in [4.69, 9.17) is 0 Å². The molecule has 8 heteroatoms. The molecule has 0 unspecified atom stereocenters. The summed E-state index contributed by atoms with van der Waals surface area (Å²) in [6, 6.07) is 8.85. The second-order valence-electron chi connectivity index (χ2n) is 6.04. The van der Waals surface area contributed by atoms with Gasteiger partial charge in [-0.3, -0.25) is 19.9 Å². The van der Waals surface area contributed by atoms with Gasteiger partial charge in [0.1, 0.15) is 0 Å². The third-order valence-electron chi connectivity index (χ3n) is 4.61. The largest absolute Gasteiger partial charge is 0.367 e. The summed E-state index contributed by atoms with van der Waals surface area (Å²) in [5.74, 6) is 0.0670. The number of rotatable bonds is 3. The van der Waals surface area contributed by atoms with E-state index in [-0.39, 0.29) is 16.5 Å². The van der Waals surface area contributed by atoms with Crippen LogP contribution < -0.4 is 4.90 Å². The number of pyridine rings is 1. The number of nitro groups is 1. The Morgan fingerprint density at radius 1 is 1.12 bits per heavy atom. The maximum atomic E-state index is 12.5. The average molecular weight is 368 g/mol. The van der Waals surface area contributed by atoms with Gasteiger partial charge in [0.15, 0.2) is 0 Å². The van der Waals surface area contributed by atoms with Crippen LogP contribution in [0.25, 0.3) is 10.8 Å². The molecule has 0 N–H and O–H groups in total. The van der Waals surface area contributed by atoms with Crippen LogP contribution in [0.3, 0.4) is 0 Å². The number of piperazine rings is 1.